The van der Waals surface area contributed by atoms with Gasteiger partial charge in [0, 0.05) is 32.8 Å². The molecule has 2 saturated heterocycles. The maximum Gasteiger partial charge on any atom is 0.243 e. The Bertz CT molecular complexity index is 1020. The number of benzene rings is 1. The quantitative estimate of drug-likeness (QED) is 0.542. The van der Waals surface area contributed by atoms with Gasteiger partial charge in [-0.2, -0.15) is 4.31 Å². The zero-order valence-corrected chi connectivity index (χ0v) is 18.4. The molecule has 1 amide bonds. The van der Waals surface area contributed by atoms with Gasteiger partial charge in [-0.3, -0.25) is 4.79 Å². The number of hydrogen-bond acceptors (Lipinski definition) is 8. The van der Waals surface area contributed by atoms with Crippen LogP contribution in [0.3, 0.4) is 0 Å². The number of tetrazole rings is 1. The topological polar surface area (TPSA) is 111 Å². The van der Waals surface area contributed by atoms with Crippen LogP contribution >= 0.6 is 11.8 Å². The first-order valence-corrected chi connectivity index (χ1v) is 12.4. The molecule has 0 saturated carbocycles. The molecular weight excluding hydrogens is 447 g/mol. The number of halogens is 1. The molecule has 0 radical (unpaired) electrons. The van der Waals surface area contributed by atoms with Crippen LogP contribution in [-0.4, -0.2) is 88.4 Å². The van der Waals surface area contributed by atoms with E-state index in [2.05, 4.69) is 15.5 Å². The van der Waals surface area contributed by atoms with E-state index in [4.69, 9.17) is 4.74 Å². The summed E-state index contributed by atoms with van der Waals surface area (Å²) in [5, 5.41) is 12.2. The van der Waals surface area contributed by atoms with Crippen LogP contribution < -0.4 is 0 Å². The highest BCUT2D eigenvalue weighted by molar-refractivity contribution is 7.99. The Hall–Kier alpha value is -2.09. The Morgan fingerprint density at radius 3 is 2.77 bits per heavy atom. The van der Waals surface area contributed by atoms with Gasteiger partial charge in [0.25, 0.3) is 0 Å². The lowest BCUT2D eigenvalue weighted by Crippen LogP contribution is -2.51. The molecule has 31 heavy (non-hydrogen) atoms. The third kappa shape index (κ3) is 5.22. The highest BCUT2D eigenvalue weighted by atomic mass is 32.2. The molecule has 1 aromatic carbocycles. The van der Waals surface area contributed by atoms with Crippen LogP contribution in [0.5, 0.6) is 0 Å². The number of hydrogen-bond donors (Lipinski definition) is 0. The van der Waals surface area contributed by atoms with Gasteiger partial charge in [0.05, 0.1) is 23.3 Å². The molecule has 168 valence electrons. The Balaban J connectivity index is 1.29. The highest BCUT2D eigenvalue weighted by Gasteiger charge is 2.30. The van der Waals surface area contributed by atoms with Gasteiger partial charge in [-0.1, -0.05) is 17.8 Å². The van der Waals surface area contributed by atoms with E-state index in [1.54, 1.807) is 9.58 Å². The lowest BCUT2D eigenvalue weighted by Gasteiger charge is -2.34. The average Bonchev–Trinajstić information content (AvgIpc) is 3.44. The molecule has 1 atom stereocenters. The molecule has 2 aromatic rings. The molecule has 0 aliphatic carbocycles. The molecule has 2 aliphatic heterocycles. The third-order valence-electron chi connectivity index (χ3n) is 5.25. The molecule has 0 spiro atoms. The maximum absolute atomic E-state index is 13.4. The van der Waals surface area contributed by atoms with Crippen molar-refractivity contribution in [3.8, 4) is 0 Å². The SMILES string of the molecule is O=C(CSc1nnnn1C[C@H]1CCCO1)N1CCN(S(=O)(=O)c2cccc(F)c2)CC1. The first-order chi connectivity index (χ1) is 14.9. The minimum absolute atomic E-state index is 0.0825. The van der Waals surface area contributed by atoms with Crippen molar-refractivity contribution in [1.82, 2.24) is 29.4 Å². The summed E-state index contributed by atoms with van der Waals surface area (Å²) in [6.07, 6.45) is 2.08. The fourth-order valence-electron chi connectivity index (χ4n) is 3.57. The van der Waals surface area contributed by atoms with E-state index in [1.807, 2.05) is 0 Å². The maximum atomic E-state index is 13.4. The van der Waals surface area contributed by atoms with Gasteiger partial charge < -0.3 is 9.64 Å². The van der Waals surface area contributed by atoms with E-state index < -0.39 is 15.8 Å². The standard InChI is InChI=1S/C18H23FN6O4S2/c19-14-3-1-5-16(11-14)31(27,28)24-8-6-23(7-9-24)17(26)13-30-18-20-21-22-25(18)12-15-4-2-10-29-15/h1,3,5,11,15H,2,4,6-10,12-13H2/t15-/m1/s1. The van der Waals surface area contributed by atoms with Crippen LogP contribution in [0.25, 0.3) is 0 Å². The van der Waals surface area contributed by atoms with Gasteiger partial charge in [-0.05, 0) is 41.5 Å². The summed E-state index contributed by atoms with van der Waals surface area (Å²) >= 11 is 1.25. The predicted octanol–water partition coefficient (Wildman–Crippen LogP) is 0.616. The lowest BCUT2D eigenvalue weighted by atomic mass is 10.2. The fourth-order valence-corrected chi connectivity index (χ4v) is 5.81. The number of amides is 1. The lowest BCUT2D eigenvalue weighted by molar-refractivity contribution is -0.129. The average molecular weight is 471 g/mol. The smallest absolute Gasteiger partial charge is 0.243 e. The van der Waals surface area contributed by atoms with Crippen LogP contribution in [0.1, 0.15) is 12.8 Å². The van der Waals surface area contributed by atoms with Crippen molar-refractivity contribution in [2.24, 2.45) is 0 Å². The van der Waals surface area contributed by atoms with Crippen molar-refractivity contribution in [2.75, 3.05) is 38.5 Å². The van der Waals surface area contributed by atoms with E-state index >= 15 is 0 Å². The van der Waals surface area contributed by atoms with Gasteiger partial charge in [0.15, 0.2) is 0 Å². The van der Waals surface area contributed by atoms with Crippen LogP contribution in [0, 0.1) is 5.82 Å². The number of ether oxygens (including phenoxy) is 1. The highest BCUT2D eigenvalue weighted by Crippen LogP contribution is 2.21. The largest absolute Gasteiger partial charge is 0.376 e. The molecule has 2 fully saturated rings. The molecule has 10 nitrogen and oxygen atoms in total. The molecule has 0 N–H and O–H groups in total. The van der Waals surface area contributed by atoms with Crippen LogP contribution in [0.2, 0.25) is 0 Å². The first-order valence-electron chi connectivity index (χ1n) is 9.97. The first kappa shape index (κ1) is 22.1. The predicted molar refractivity (Wildman–Crippen MR) is 109 cm³/mol. The number of rotatable bonds is 7. The van der Waals surface area contributed by atoms with Gasteiger partial charge >= 0.3 is 0 Å². The Labute approximate surface area is 183 Å². The van der Waals surface area contributed by atoms with E-state index in [0.29, 0.717) is 11.7 Å². The minimum atomic E-state index is -3.79. The van der Waals surface area contributed by atoms with Crippen molar-refractivity contribution >= 4 is 27.7 Å². The normalized spacial score (nSPS) is 20.3. The van der Waals surface area contributed by atoms with Crippen LogP contribution in [0.15, 0.2) is 34.3 Å². The molecule has 3 heterocycles. The zero-order chi connectivity index (χ0) is 21.8. The number of carbonyl (C=O) groups is 1. The molecule has 0 bridgehead atoms. The van der Waals surface area contributed by atoms with Crippen molar-refractivity contribution < 1.29 is 22.3 Å². The second-order valence-electron chi connectivity index (χ2n) is 7.31. The van der Waals surface area contributed by atoms with Crippen molar-refractivity contribution in [2.45, 2.75) is 35.5 Å². The van der Waals surface area contributed by atoms with Gasteiger partial charge in [-0.15, -0.1) is 5.10 Å². The summed E-state index contributed by atoms with van der Waals surface area (Å²) in [4.78, 5) is 14.1. The number of aromatic nitrogens is 4. The summed E-state index contributed by atoms with van der Waals surface area (Å²) in [5.41, 5.74) is 0. The third-order valence-corrected chi connectivity index (χ3v) is 8.09. The van der Waals surface area contributed by atoms with E-state index in [-0.39, 0.29) is 48.8 Å². The van der Waals surface area contributed by atoms with Crippen molar-refractivity contribution in [1.29, 1.82) is 0 Å². The summed E-state index contributed by atoms with van der Waals surface area (Å²) in [6.45, 7) is 2.16. The van der Waals surface area contributed by atoms with Gasteiger partial charge in [-0.25, -0.2) is 17.5 Å². The van der Waals surface area contributed by atoms with Crippen LogP contribution in [-0.2, 0) is 26.1 Å². The summed E-state index contributed by atoms with van der Waals surface area (Å²) in [5.74, 6) is -0.559. The summed E-state index contributed by atoms with van der Waals surface area (Å²) in [6, 6.07) is 4.94. The molecule has 2 aliphatic rings. The zero-order valence-electron chi connectivity index (χ0n) is 16.8. The Kier molecular flexibility index (Phi) is 6.84. The number of carbonyl (C=O) groups excluding carboxylic acids is 1. The minimum Gasteiger partial charge on any atom is -0.376 e. The second kappa shape index (κ2) is 9.59. The van der Waals surface area contributed by atoms with E-state index in [1.165, 1.54) is 34.3 Å². The number of sulfonamides is 1. The summed E-state index contributed by atoms with van der Waals surface area (Å²) in [7, 11) is -3.79. The molecule has 1 aromatic heterocycles. The molecule has 4 rings (SSSR count). The van der Waals surface area contributed by atoms with Crippen molar-refractivity contribution in [3.63, 3.8) is 0 Å². The van der Waals surface area contributed by atoms with E-state index in [9.17, 15) is 17.6 Å². The van der Waals surface area contributed by atoms with Crippen LogP contribution in [0.4, 0.5) is 4.39 Å². The van der Waals surface area contributed by atoms with Crippen molar-refractivity contribution in [3.05, 3.63) is 30.1 Å². The second-order valence-corrected chi connectivity index (χ2v) is 10.2. The molecule has 0 unspecified atom stereocenters. The fraction of sp³-hybridized carbons (Fsp3) is 0.556. The summed E-state index contributed by atoms with van der Waals surface area (Å²) < 4.78 is 47.3. The van der Waals surface area contributed by atoms with E-state index in [0.717, 1.165) is 25.5 Å². The Morgan fingerprint density at radius 1 is 1.26 bits per heavy atom. The monoisotopic (exact) mass is 470 g/mol. The number of piperazine rings is 1. The molecular formula is C18H23FN6O4S2. The number of nitrogens with zero attached hydrogens (tertiary/aromatic N) is 6. The van der Waals surface area contributed by atoms with Gasteiger partial charge in [0.2, 0.25) is 21.1 Å². The molecule has 13 heteroatoms. The Morgan fingerprint density at radius 2 is 2.06 bits per heavy atom. The number of thioether (sulfide) groups is 1. The van der Waals surface area contributed by atoms with Gasteiger partial charge in [0.1, 0.15) is 5.82 Å².